The Morgan fingerprint density at radius 2 is 2.00 bits per heavy atom. The lowest BCUT2D eigenvalue weighted by molar-refractivity contribution is 0.113. The molecule has 0 bridgehead atoms. The number of benzene rings is 1. The summed E-state index contributed by atoms with van der Waals surface area (Å²) in [6, 6.07) is 4.26. The number of aliphatic hydroxyl groups excluding tert-OH is 1. The Balaban J connectivity index is 1.98. The molecule has 0 spiro atoms. The second-order valence-corrected chi connectivity index (χ2v) is 6.75. The van der Waals surface area contributed by atoms with Crippen LogP contribution in [0, 0.1) is 0 Å². The normalized spacial score (nSPS) is 18.6. The van der Waals surface area contributed by atoms with Crippen LogP contribution in [0.2, 0.25) is 0 Å². The Morgan fingerprint density at radius 3 is 2.70 bits per heavy atom. The summed E-state index contributed by atoms with van der Waals surface area (Å²) < 4.78 is 31.1. The van der Waals surface area contributed by atoms with E-state index in [1.54, 1.807) is 0 Å². The molecular formula is C12H14N2O5S. The summed E-state index contributed by atoms with van der Waals surface area (Å²) in [5.41, 5.74) is 0.677. The molecule has 3 rings (SSSR count). The first-order chi connectivity index (χ1) is 9.46. The van der Waals surface area contributed by atoms with Gasteiger partial charge in [-0.15, -0.1) is 0 Å². The average molecular weight is 298 g/mol. The van der Waals surface area contributed by atoms with Crippen LogP contribution < -0.4 is 5.76 Å². The van der Waals surface area contributed by atoms with Crippen molar-refractivity contribution in [3.8, 4) is 0 Å². The second kappa shape index (κ2) is 4.72. The highest BCUT2D eigenvalue weighted by Crippen LogP contribution is 2.23. The molecule has 2 N–H and O–H groups in total. The molecule has 0 radical (unpaired) electrons. The van der Waals surface area contributed by atoms with E-state index < -0.39 is 21.9 Å². The minimum absolute atomic E-state index is 0.110. The lowest BCUT2D eigenvalue weighted by Gasteiger charge is -2.28. The molecule has 1 aliphatic rings. The molecular weight excluding hydrogens is 284 g/mol. The second-order valence-electron chi connectivity index (χ2n) is 4.81. The van der Waals surface area contributed by atoms with Gasteiger partial charge in [0.05, 0.1) is 16.5 Å². The smallest absolute Gasteiger partial charge is 0.408 e. The molecule has 8 heteroatoms. The predicted octanol–water partition coefficient (Wildman–Crippen LogP) is 0.266. The van der Waals surface area contributed by atoms with Crippen LogP contribution in [0.25, 0.3) is 11.1 Å². The predicted molar refractivity (Wildman–Crippen MR) is 70.8 cm³/mol. The average Bonchev–Trinajstić information content (AvgIpc) is 2.78. The van der Waals surface area contributed by atoms with Crippen LogP contribution in [0.5, 0.6) is 0 Å². The Kier molecular flexibility index (Phi) is 3.15. The van der Waals surface area contributed by atoms with Crippen molar-refractivity contribution in [3.05, 3.63) is 28.7 Å². The van der Waals surface area contributed by atoms with Crippen LogP contribution >= 0.6 is 0 Å². The number of piperidine rings is 1. The van der Waals surface area contributed by atoms with Gasteiger partial charge in [0.25, 0.3) is 0 Å². The van der Waals surface area contributed by atoms with Crippen molar-refractivity contribution in [1.82, 2.24) is 9.29 Å². The fourth-order valence-corrected chi connectivity index (χ4v) is 3.82. The third kappa shape index (κ3) is 2.26. The fourth-order valence-electron chi connectivity index (χ4n) is 2.32. The highest BCUT2D eigenvalue weighted by atomic mass is 32.2. The fraction of sp³-hybridized carbons (Fsp3) is 0.417. The topological polar surface area (TPSA) is 104 Å². The molecule has 1 aromatic heterocycles. The van der Waals surface area contributed by atoms with Crippen LogP contribution in [0.4, 0.5) is 0 Å². The number of sulfonamides is 1. The Morgan fingerprint density at radius 1 is 1.30 bits per heavy atom. The van der Waals surface area contributed by atoms with Gasteiger partial charge in [-0.25, -0.2) is 13.2 Å². The highest BCUT2D eigenvalue weighted by Gasteiger charge is 2.29. The number of aromatic amines is 1. The SMILES string of the molecule is O=c1[nH]c2cc(S(=O)(=O)N3CCC(O)CC3)ccc2o1. The lowest BCUT2D eigenvalue weighted by atomic mass is 10.1. The molecule has 108 valence electrons. The maximum atomic E-state index is 12.5. The van der Waals surface area contributed by atoms with Gasteiger partial charge in [0.1, 0.15) is 0 Å². The Hall–Kier alpha value is -1.64. The zero-order valence-electron chi connectivity index (χ0n) is 10.6. The number of hydrogen-bond acceptors (Lipinski definition) is 5. The molecule has 1 saturated heterocycles. The summed E-state index contributed by atoms with van der Waals surface area (Å²) in [4.78, 5) is 13.6. The molecule has 0 aliphatic carbocycles. The van der Waals surface area contributed by atoms with E-state index in [0.29, 0.717) is 37.0 Å². The van der Waals surface area contributed by atoms with E-state index in [2.05, 4.69) is 4.98 Å². The maximum Gasteiger partial charge on any atom is 0.417 e. The van der Waals surface area contributed by atoms with Crippen molar-refractivity contribution < 1.29 is 17.9 Å². The van der Waals surface area contributed by atoms with Gasteiger partial charge < -0.3 is 9.52 Å². The minimum Gasteiger partial charge on any atom is -0.408 e. The molecule has 1 aliphatic heterocycles. The summed E-state index contributed by atoms with van der Waals surface area (Å²) in [7, 11) is -3.61. The lowest BCUT2D eigenvalue weighted by Crippen LogP contribution is -2.39. The molecule has 2 aromatic rings. The molecule has 2 heterocycles. The molecule has 0 atom stereocenters. The number of nitrogens with zero attached hydrogens (tertiary/aromatic N) is 1. The van der Waals surface area contributed by atoms with Gasteiger partial charge in [-0.1, -0.05) is 0 Å². The Bertz CT molecular complexity index is 784. The summed E-state index contributed by atoms with van der Waals surface area (Å²) in [6.45, 7) is 0.590. The van der Waals surface area contributed by atoms with E-state index in [-0.39, 0.29) is 4.90 Å². The van der Waals surface area contributed by atoms with Crippen LogP contribution in [-0.2, 0) is 10.0 Å². The number of hydrogen-bond donors (Lipinski definition) is 2. The van der Waals surface area contributed by atoms with Crippen molar-refractivity contribution in [2.45, 2.75) is 23.8 Å². The van der Waals surface area contributed by atoms with Gasteiger partial charge in [-0.3, -0.25) is 4.98 Å². The van der Waals surface area contributed by atoms with E-state index in [9.17, 15) is 18.3 Å². The van der Waals surface area contributed by atoms with E-state index in [4.69, 9.17) is 4.42 Å². The van der Waals surface area contributed by atoms with Gasteiger partial charge in [-0.2, -0.15) is 4.31 Å². The molecule has 0 unspecified atom stereocenters. The zero-order valence-corrected chi connectivity index (χ0v) is 11.4. The van der Waals surface area contributed by atoms with Crippen molar-refractivity contribution in [2.75, 3.05) is 13.1 Å². The number of nitrogens with one attached hydrogen (secondary N) is 1. The first-order valence-electron chi connectivity index (χ1n) is 6.28. The summed E-state index contributed by atoms with van der Waals surface area (Å²) in [5, 5.41) is 9.43. The minimum atomic E-state index is -3.61. The molecule has 7 nitrogen and oxygen atoms in total. The largest absolute Gasteiger partial charge is 0.417 e. The molecule has 0 amide bonds. The van der Waals surface area contributed by atoms with Crippen LogP contribution in [0.15, 0.2) is 32.3 Å². The number of aliphatic hydroxyl groups is 1. The molecule has 1 fully saturated rings. The standard InChI is InChI=1S/C12H14N2O5S/c15-8-3-5-14(6-4-8)20(17,18)9-1-2-11-10(7-9)13-12(16)19-11/h1-2,7-8,15H,3-6H2,(H,13,16). The number of fused-ring (bicyclic) bond motifs is 1. The van der Waals surface area contributed by atoms with Crippen LogP contribution in [-0.4, -0.2) is 42.0 Å². The first kappa shape index (κ1) is 13.3. The number of rotatable bonds is 2. The number of H-pyrrole nitrogens is 1. The van der Waals surface area contributed by atoms with Gasteiger partial charge in [-0.05, 0) is 31.0 Å². The van der Waals surface area contributed by atoms with E-state index in [1.165, 1.54) is 22.5 Å². The summed E-state index contributed by atoms with van der Waals surface area (Å²) >= 11 is 0. The van der Waals surface area contributed by atoms with Gasteiger partial charge in [0, 0.05) is 13.1 Å². The van der Waals surface area contributed by atoms with Crippen molar-refractivity contribution in [3.63, 3.8) is 0 Å². The Labute approximate surface area is 114 Å². The van der Waals surface area contributed by atoms with E-state index in [1.807, 2.05) is 0 Å². The van der Waals surface area contributed by atoms with Gasteiger partial charge in [0.15, 0.2) is 5.58 Å². The molecule has 0 saturated carbocycles. The van der Waals surface area contributed by atoms with Crippen molar-refractivity contribution in [1.29, 1.82) is 0 Å². The summed E-state index contributed by atoms with van der Waals surface area (Å²) in [5.74, 6) is -0.615. The van der Waals surface area contributed by atoms with Crippen molar-refractivity contribution >= 4 is 21.1 Å². The summed E-state index contributed by atoms with van der Waals surface area (Å²) in [6.07, 6.45) is 0.433. The third-order valence-corrected chi connectivity index (χ3v) is 5.35. The maximum absolute atomic E-state index is 12.5. The first-order valence-corrected chi connectivity index (χ1v) is 7.72. The third-order valence-electron chi connectivity index (χ3n) is 3.45. The number of oxazole rings is 1. The zero-order chi connectivity index (χ0) is 14.3. The van der Waals surface area contributed by atoms with Crippen LogP contribution in [0.1, 0.15) is 12.8 Å². The van der Waals surface area contributed by atoms with E-state index >= 15 is 0 Å². The van der Waals surface area contributed by atoms with Gasteiger partial charge >= 0.3 is 5.76 Å². The quantitative estimate of drug-likeness (QED) is 0.828. The van der Waals surface area contributed by atoms with Crippen LogP contribution in [0.3, 0.4) is 0 Å². The van der Waals surface area contributed by atoms with E-state index in [0.717, 1.165) is 0 Å². The highest BCUT2D eigenvalue weighted by molar-refractivity contribution is 7.89. The van der Waals surface area contributed by atoms with Gasteiger partial charge in [0.2, 0.25) is 10.0 Å². The number of aromatic nitrogens is 1. The van der Waals surface area contributed by atoms with Crippen molar-refractivity contribution in [2.24, 2.45) is 0 Å². The monoisotopic (exact) mass is 298 g/mol. The molecule has 1 aromatic carbocycles. The molecule has 20 heavy (non-hydrogen) atoms.